The van der Waals surface area contributed by atoms with Crippen molar-refractivity contribution in [2.75, 3.05) is 26.2 Å². The Morgan fingerprint density at radius 2 is 1.90 bits per heavy atom. The van der Waals surface area contributed by atoms with Gasteiger partial charge < -0.3 is 14.9 Å². The minimum Gasteiger partial charge on any atom is -0.481 e. The number of amides is 2. The number of hydrogen-bond acceptors (Lipinski definition) is 3. The van der Waals surface area contributed by atoms with Crippen molar-refractivity contribution in [2.24, 2.45) is 11.8 Å². The summed E-state index contributed by atoms with van der Waals surface area (Å²) in [5.41, 5.74) is 0. The van der Waals surface area contributed by atoms with Crippen LogP contribution in [0.25, 0.3) is 0 Å². The van der Waals surface area contributed by atoms with Gasteiger partial charge in [-0.2, -0.15) is 13.2 Å². The molecule has 2 saturated heterocycles. The fraction of sp³-hybridized carbons (Fsp3) is 0.750. The van der Waals surface area contributed by atoms with Crippen LogP contribution in [-0.2, 0) is 14.4 Å². The van der Waals surface area contributed by atoms with Gasteiger partial charge in [0, 0.05) is 26.1 Å². The average molecular weight is 308 g/mol. The van der Waals surface area contributed by atoms with Gasteiger partial charge in [0.1, 0.15) is 6.54 Å². The molecule has 0 aliphatic carbocycles. The standard InChI is InChI=1S/C12H15F3N2O4/c13-12(14,15)6-17-5-8(3-9(17)18)10(19)16-2-1-7(4-16)11(20)21/h7-8H,1-6H2,(H,20,21). The summed E-state index contributed by atoms with van der Waals surface area (Å²) in [4.78, 5) is 36.4. The smallest absolute Gasteiger partial charge is 0.406 e. The Labute approximate surface area is 118 Å². The largest absolute Gasteiger partial charge is 0.481 e. The maximum absolute atomic E-state index is 12.3. The maximum Gasteiger partial charge on any atom is 0.406 e. The minimum atomic E-state index is -4.49. The number of aliphatic carboxylic acids is 1. The molecule has 118 valence electrons. The zero-order valence-corrected chi connectivity index (χ0v) is 11.1. The van der Waals surface area contributed by atoms with Crippen molar-refractivity contribution in [2.45, 2.75) is 19.0 Å². The van der Waals surface area contributed by atoms with Crippen LogP contribution in [0, 0.1) is 11.8 Å². The van der Waals surface area contributed by atoms with Crippen molar-refractivity contribution >= 4 is 17.8 Å². The molecule has 2 unspecified atom stereocenters. The lowest BCUT2D eigenvalue weighted by atomic mass is 10.1. The SMILES string of the molecule is O=C(O)C1CCN(C(=O)C2CC(=O)N(CC(F)(F)F)C2)C1. The fourth-order valence-electron chi connectivity index (χ4n) is 2.73. The second kappa shape index (κ2) is 5.53. The zero-order chi connectivity index (χ0) is 15.8. The lowest BCUT2D eigenvalue weighted by Crippen LogP contribution is -2.38. The molecule has 6 nitrogen and oxygen atoms in total. The molecule has 2 aliphatic rings. The van der Waals surface area contributed by atoms with Crippen LogP contribution < -0.4 is 0 Å². The van der Waals surface area contributed by atoms with Gasteiger partial charge in [-0.25, -0.2) is 0 Å². The van der Waals surface area contributed by atoms with E-state index in [1.165, 1.54) is 4.90 Å². The molecule has 2 heterocycles. The highest BCUT2D eigenvalue weighted by Crippen LogP contribution is 2.27. The summed E-state index contributed by atoms with van der Waals surface area (Å²) in [6.07, 6.45) is -4.41. The molecular formula is C12H15F3N2O4. The summed E-state index contributed by atoms with van der Waals surface area (Å²) in [6.45, 7) is -1.29. The Morgan fingerprint density at radius 3 is 2.43 bits per heavy atom. The Morgan fingerprint density at radius 1 is 1.24 bits per heavy atom. The molecule has 2 aliphatic heterocycles. The second-order valence-electron chi connectivity index (χ2n) is 5.40. The summed E-state index contributed by atoms with van der Waals surface area (Å²) < 4.78 is 36.9. The van der Waals surface area contributed by atoms with Crippen molar-refractivity contribution in [3.8, 4) is 0 Å². The van der Waals surface area contributed by atoms with E-state index in [0.717, 1.165) is 0 Å². The van der Waals surface area contributed by atoms with E-state index in [-0.39, 0.29) is 26.1 Å². The molecule has 9 heteroatoms. The highest BCUT2D eigenvalue weighted by atomic mass is 19.4. The number of carbonyl (C=O) groups excluding carboxylic acids is 2. The van der Waals surface area contributed by atoms with Crippen LogP contribution >= 0.6 is 0 Å². The van der Waals surface area contributed by atoms with Crippen molar-refractivity contribution in [3.63, 3.8) is 0 Å². The number of alkyl halides is 3. The van der Waals surface area contributed by atoms with E-state index >= 15 is 0 Å². The molecule has 0 spiro atoms. The van der Waals surface area contributed by atoms with Gasteiger partial charge in [-0.05, 0) is 6.42 Å². The molecule has 21 heavy (non-hydrogen) atoms. The van der Waals surface area contributed by atoms with E-state index in [4.69, 9.17) is 5.11 Å². The van der Waals surface area contributed by atoms with Gasteiger partial charge in [-0.15, -0.1) is 0 Å². The number of carboxylic acids is 1. The number of rotatable bonds is 3. The Hall–Kier alpha value is -1.80. The van der Waals surface area contributed by atoms with Crippen molar-refractivity contribution in [1.82, 2.24) is 9.80 Å². The highest BCUT2D eigenvalue weighted by molar-refractivity contribution is 5.89. The molecule has 0 saturated carbocycles. The first kappa shape index (κ1) is 15.6. The van der Waals surface area contributed by atoms with E-state index in [1.54, 1.807) is 0 Å². The number of nitrogens with zero attached hydrogens (tertiary/aromatic N) is 2. The lowest BCUT2D eigenvalue weighted by Gasteiger charge is -2.21. The van der Waals surface area contributed by atoms with E-state index in [9.17, 15) is 27.6 Å². The first-order valence-electron chi connectivity index (χ1n) is 6.53. The summed E-state index contributed by atoms with van der Waals surface area (Å²) in [5.74, 6) is -3.58. The molecule has 0 aromatic heterocycles. The number of carboxylic acid groups (broad SMARTS) is 1. The third kappa shape index (κ3) is 3.64. The van der Waals surface area contributed by atoms with Crippen LogP contribution in [0.4, 0.5) is 13.2 Å². The highest BCUT2D eigenvalue weighted by Gasteiger charge is 2.43. The predicted octanol–water partition coefficient (Wildman–Crippen LogP) is 0.330. The Balaban J connectivity index is 1.93. The summed E-state index contributed by atoms with van der Waals surface area (Å²) in [6, 6.07) is 0. The van der Waals surface area contributed by atoms with E-state index in [0.29, 0.717) is 11.3 Å². The molecule has 0 radical (unpaired) electrons. The van der Waals surface area contributed by atoms with Crippen molar-refractivity contribution in [1.29, 1.82) is 0 Å². The molecule has 2 fully saturated rings. The van der Waals surface area contributed by atoms with Gasteiger partial charge >= 0.3 is 12.1 Å². The van der Waals surface area contributed by atoms with Gasteiger partial charge in [0.15, 0.2) is 0 Å². The van der Waals surface area contributed by atoms with Gasteiger partial charge in [0.2, 0.25) is 11.8 Å². The van der Waals surface area contributed by atoms with Gasteiger partial charge in [0.05, 0.1) is 11.8 Å². The average Bonchev–Trinajstić information content (AvgIpc) is 2.94. The third-order valence-electron chi connectivity index (χ3n) is 3.78. The Bertz CT molecular complexity index is 466. The summed E-state index contributed by atoms with van der Waals surface area (Å²) >= 11 is 0. The lowest BCUT2D eigenvalue weighted by molar-refractivity contribution is -0.157. The van der Waals surface area contributed by atoms with Crippen LogP contribution in [-0.4, -0.2) is 65.0 Å². The molecule has 2 rings (SSSR count). The molecule has 2 atom stereocenters. The number of hydrogen-bond donors (Lipinski definition) is 1. The molecule has 0 bridgehead atoms. The molecule has 1 N–H and O–H groups in total. The van der Waals surface area contributed by atoms with Gasteiger partial charge in [0.25, 0.3) is 0 Å². The zero-order valence-electron chi connectivity index (χ0n) is 11.1. The van der Waals surface area contributed by atoms with Crippen LogP contribution in [0.15, 0.2) is 0 Å². The number of carbonyl (C=O) groups is 3. The van der Waals surface area contributed by atoms with Crippen LogP contribution in [0.1, 0.15) is 12.8 Å². The van der Waals surface area contributed by atoms with Crippen molar-refractivity contribution in [3.05, 3.63) is 0 Å². The minimum absolute atomic E-state index is 0.0537. The monoisotopic (exact) mass is 308 g/mol. The fourth-order valence-corrected chi connectivity index (χ4v) is 2.73. The first-order chi connectivity index (χ1) is 9.67. The van der Waals surface area contributed by atoms with Gasteiger partial charge in [-0.3, -0.25) is 14.4 Å². The van der Waals surface area contributed by atoms with Crippen molar-refractivity contribution < 1.29 is 32.7 Å². The van der Waals surface area contributed by atoms with E-state index in [1.807, 2.05) is 0 Å². The predicted molar refractivity (Wildman–Crippen MR) is 63.1 cm³/mol. The summed E-state index contributed by atoms with van der Waals surface area (Å²) in [5, 5.41) is 8.86. The topological polar surface area (TPSA) is 77.9 Å². The van der Waals surface area contributed by atoms with Crippen LogP contribution in [0.3, 0.4) is 0 Å². The second-order valence-corrected chi connectivity index (χ2v) is 5.40. The molecule has 2 amide bonds. The normalized spacial score (nSPS) is 26.5. The third-order valence-corrected chi connectivity index (χ3v) is 3.78. The van der Waals surface area contributed by atoms with Crippen LogP contribution in [0.2, 0.25) is 0 Å². The number of halogens is 3. The van der Waals surface area contributed by atoms with E-state index in [2.05, 4.69) is 0 Å². The summed E-state index contributed by atoms with van der Waals surface area (Å²) in [7, 11) is 0. The molecule has 0 aromatic rings. The maximum atomic E-state index is 12.3. The van der Waals surface area contributed by atoms with E-state index < -0.39 is 42.3 Å². The molecule has 0 aromatic carbocycles. The Kier molecular flexibility index (Phi) is 4.11. The first-order valence-corrected chi connectivity index (χ1v) is 6.53. The number of likely N-dealkylation sites (tertiary alicyclic amines) is 2. The van der Waals surface area contributed by atoms with Gasteiger partial charge in [-0.1, -0.05) is 0 Å². The quantitative estimate of drug-likeness (QED) is 0.815. The van der Waals surface area contributed by atoms with Crippen LogP contribution in [0.5, 0.6) is 0 Å². The molecular weight excluding hydrogens is 293 g/mol.